The van der Waals surface area contributed by atoms with Gasteiger partial charge in [0.2, 0.25) is 0 Å². The minimum Gasteiger partial charge on any atom is -0.394 e. The Morgan fingerprint density at radius 2 is 2.29 bits per heavy atom. The van der Waals surface area contributed by atoms with E-state index >= 15 is 0 Å². The second kappa shape index (κ2) is 7.06. The van der Waals surface area contributed by atoms with Gasteiger partial charge < -0.3 is 20.1 Å². The van der Waals surface area contributed by atoms with Gasteiger partial charge in [-0.2, -0.15) is 0 Å². The first-order valence-electron chi connectivity index (χ1n) is 7.11. The van der Waals surface area contributed by atoms with Gasteiger partial charge in [-0.05, 0) is 12.7 Å². The highest BCUT2D eigenvalue weighted by molar-refractivity contribution is 7.99. The third-order valence-electron chi connectivity index (χ3n) is 3.93. The van der Waals surface area contributed by atoms with Crippen molar-refractivity contribution in [2.45, 2.75) is 49.4 Å². The molecule has 21 heavy (non-hydrogen) atoms. The molecular formula is C13H23N3O4S. The molecule has 1 aromatic heterocycles. The quantitative estimate of drug-likeness (QED) is 0.665. The molecule has 120 valence electrons. The van der Waals surface area contributed by atoms with E-state index in [1.165, 1.54) is 16.4 Å². The van der Waals surface area contributed by atoms with Gasteiger partial charge in [0.05, 0.1) is 25.0 Å². The molecule has 0 amide bonds. The van der Waals surface area contributed by atoms with Crippen molar-refractivity contribution in [1.29, 1.82) is 0 Å². The molecule has 1 aliphatic heterocycles. The molecule has 0 radical (unpaired) electrons. The number of hydrogen-bond acceptors (Lipinski definition) is 7. The zero-order chi connectivity index (χ0) is 15.5. The van der Waals surface area contributed by atoms with Gasteiger partial charge in [0.25, 0.3) is 0 Å². The lowest BCUT2D eigenvalue weighted by Gasteiger charge is -2.46. The molecule has 0 aliphatic carbocycles. The number of nitrogens with zero attached hydrogens (tertiary/aromatic N) is 3. The maximum absolute atomic E-state index is 10.6. The third kappa shape index (κ3) is 3.09. The van der Waals surface area contributed by atoms with E-state index in [1.807, 2.05) is 6.26 Å². The van der Waals surface area contributed by atoms with Crippen LogP contribution in [-0.2, 0) is 16.7 Å². The Bertz CT molecular complexity index is 458. The molecule has 1 saturated heterocycles. The summed E-state index contributed by atoms with van der Waals surface area (Å²) in [5.74, 6) is 0. The summed E-state index contributed by atoms with van der Waals surface area (Å²) >= 11 is 1.35. The zero-order valence-electron chi connectivity index (χ0n) is 12.3. The molecule has 0 saturated carbocycles. The maximum Gasteiger partial charge on any atom is 0.131 e. The van der Waals surface area contributed by atoms with Crippen LogP contribution in [0.4, 0.5) is 0 Å². The number of aryl methyl sites for hydroxylation is 1. The van der Waals surface area contributed by atoms with E-state index in [1.54, 1.807) is 6.20 Å². The third-order valence-corrected chi connectivity index (χ3v) is 4.76. The first kappa shape index (κ1) is 16.7. The summed E-state index contributed by atoms with van der Waals surface area (Å²) in [7, 11) is 0. The van der Waals surface area contributed by atoms with E-state index in [-0.39, 0.29) is 19.6 Å². The van der Waals surface area contributed by atoms with E-state index in [0.29, 0.717) is 0 Å². The summed E-state index contributed by atoms with van der Waals surface area (Å²) in [6.07, 6.45) is 4.23. The van der Waals surface area contributed by atoms with E-state index < -0.39 is 23.2 Å². The predicted octanol–water partition coefficient (Wildman–Crippen LogP) is -0.251. The molecule has 1 aromatic rings. The van der Waals surface area contributed by atoms with Crippen LogP contribution in [0.2, 0.25) is 0 Å². The summed E-state index contributed by atoms with van der Waals surface area (Å²) in [5, 5.41) is 38.1. The number of thioether (sulfide) groups is 1. The first-order chi connectivity index (χ1) is 10.1. The summed E-state index contributed by atoms with van der Waals surface area (Å²) in [6.45, 7) is 1.59. The van der Waals surface area contributed by atoms with E-state index in [0.717, 1.165) is 18.5 Å². The van der Waals surface area contributed by atoms with Crippen molar-refractivity contribution in [3.05, 3.63) is 11.9 Å². The van der Waals surface area contributed by atoms with Crippen LogP contribution in [0.1, 0.15) is 25.5 Å². The molecule has 2 heterocycles. The summed E-state index contributed by atoms with van der Waals surface area (Å²) in [4.78, 5) is 0. The highest BCUT2D eigenvalue weighted by Crippen LogP contribution is 2.38. The first-order valence-corrected chi connectivity index (χ1v) is 8.39. The standard InChI is InChI=1S/C13H23N3O4S/c1-3-4-9-6-16(15-14-9)13(8-18)5-10(7-17)20-12(21-2)11(13)19/h6,10-12,17-19H,3-5,7-8H2,1-2H3. The minimum absolute atomic E-state index is 0.165. The van der Waals surface area contributed by atoms with Gasteiger partial charge in [0, 0.05) is 12.6 Å². The van der Waals surface area contributed by atoms with Gasteiger partial charge in [-0.1, -0.05) is 18.6 Å². The maximum atomic E-state index is 10.6. The SMILES string of the molecule is CCCc1cn(C2(CO)CC(CO)OC(SC)C2O)nn1. The van der Waals surface area contributed by atoms with Gasteiger partial charge in [-0.3, -0.25) is 0 Å². The molecule has 8 heteroatoms. The fourth-order valence-corrected chi connectivity index (χ4v) is 3.50. The monoisotopic (exact) mass is 317 g/mol. The molecule has 3 N–H and O–H groups in total. The minimum atomic E-state index is -1.02. The molecule has 0 aromatic carbocycles. The fraction of sp³-hybridized carbons (Fsp3) is 0.846. The zero-order valence-corrected chi connectivity index (χ0v) is 13.2. The van der Waals surface area contributed by atoms with Crippen LogP contribution < -0.4 is 0 Å². The number of aliphatic hydroxyl groups is 3. The lowest BCUT2D eigenvalue weighted by molar-refractivity contribution is -0.167. The smallest absolute Gasteiger partial charge is 0.131 e. The van der Waals surface area contributed by atoms with Crippen LogP contribution in [0.15, 0.2) is 6.20 Å². The largest absolute Gasteiger partial charge is 0.394 e. The molecule has 7 nitrogen and oxygen atoms in total. The Hall–Kier alpha value is -0.670. The highest BCUT2D eigenvalue weighted by atomic mass is 32.2. The molecule has 1 fully saturated rings. The Kier molecular flexibility index (Phi) is 5.61. The molecule has 4 unspecified atom stereocenters. The van der Waals surface area contributed by atoms with Gasteiger partial charge in [0.1, 0.15) is 17.1 Å². The lowest BCUT2D eigenvalue weighted by Crippen LogP contribution is -2.60. The van der Waals surface area contributed by atoms with Gasteiger partial charge in [-0.15, -0.1) is 16.9 Å². The summed E-state index contributed by atoms with van der Waals surface area (Å²) in [6, 6.07) is 0. The Balaban J connectivity index is 2.35. The molecule has 2 rings (SSSR count). The van der Waals surface area contributed by atoms with E-state index in [9.17, 15) is 15.3 Å². The summed E-state index contributed by atoms with van der Waals surface area (Å²) in [5.41, 5.74) is -0.717. The van der Waals surface area contributed by atoms with Crippen LogP contribution in [0.5, 0.6) is 0 Å². The second-order valence-corrected chi connectivity index (χ2v) is 6.30. The van der Waals surface area contributed by atoms with Crippen molar-refractivity contribution in [3.8, 4) is 0 Å². The van der Waals surface area contributed by atoms with Crippen molar-refractivity contribution in [2.24, 2.45) is 0 Å². The fourth-order valence-electron chi connectivity index (χ4n) is 2.72. The number of ether oxygens (including phenoxy) is 1. The number of aromatic nitrogens is 3. The number of hydrogen-bond donors (Lipinski definition) is 3. The van der Waals surface area contributed by atoms with Crippen molar-refractivity contribution in [3.63, 3.8) is 0 Å². The lowest BCUT2D eigenvalue weighted by atomic mass is 9.85. The Morgan fingerprint density at radius 1 is 1.52 bits per heavy atom. The number of aliphatic hydroxyl groups excluding tert-OH is 3. The Morgan fingerprint density at radius 3 is 2.86 bits per heavy atom. The van der Waals surface area contributed by atoms with E-state index in [4.69, 9.17) is 4.74 Å². The van der Waals surface area contributed by atoms with E-state index in [2.05, 4.69) is 17.2 Å². The second-order valence-electron chi connectivity index (χ2n) is 5.36. The van der Waals surface area contributed by atoms with Crippen LogP contribution in [0.3, 0.4) is 0 Å². The van der Waals surface area contributed by atoms with Crippen LogP contribution in [0.25, 0.3) is 0 Å². The summed E-state index contributed by atoms with van der Waals surface area (Å²) < 4.78 is 7.16. The van der Waals surface area contributed by atoms with Crippen LogP contribution in [-0.4, -0.2) is 67.4 Å². The van der Waals surface area contributed by atoms with Crippen LogP contribution in [0, 0.1) is 0 Å². The van der Waals surface area contributed by atoms with Gasteiger partial charge >= 0.3 is 0 Å². The normalized spacial score (nSPS) is 33.3. The van der Waals surface area contributed by atoms with Crippen molar-refractivity contribution in [1.82, 2.24) is 15.0 Å². The average Bonchev–Trinajstić information content (AvgIpc) is 2.97. The van der Waals surface area contributed by atoms with Gasteiger partial charge in [0.15, 0.2) is 0 Å². The van der Waals surface area contributed by atoms with Crippen LogP contribution >= 0.6 is 11.8 Å². The molecule has 0 bridgehead atoms. The topological polar surface area (TPSA) is 101 Å². The molecule has 0 spiro atoms. The van der Waals surface area contributed by atoms with Crippen molar-refractivity contribution >= 4 is 11.8 Å². The highest BCUT2D eigenvalue weighted by Gasteiger charge is 2.51. The molecule has 4 atom stereocenters. The molecular weight excluding hydrogens is 294 g/mol. The predicted molar refractivity (Wildman–Crippen MR) is 79.0 cm³/mol. The van der Waals surface area contributed by atoms with Gasteiger partial charge in [-0.25, -0.2) is 4.68 Å². The average molecular weight is 317 g/mol. The van der Waals surface area contributed by atoms with Crippen molar-refractivity contribution in [2.75, 3.05) is 19.5 Å². The Labute approximate surface area is 128 Å². The molecule has 1 aliphatic rings. The number of rotatable bonds is 6. The van der Waals surface area contributed by atoms with Crippen molar-refractivity contribution < 1.29 is 20.1 Å².